The van der Waals surface area contributed by atoms with Crippen molar-refractivity contribution in [3.8, 4) is 0 Å². The SMILES string of the molecule is CC(=O)OCCc1ncccc1C(=O)O. The molecule has 0 bridgehead atoms. The van der Waals surface area contributed by atoms with Gasteiger partial charge in [0, 0.05) is 19.5 Å². The Hall–Kier alpha value is -1.91. The summed E-state index contributed by atoms with van der Waals surface area (Å²) in [5.74, 6) is -1.41. The molecule has 5 heteroatoms. The van der Waals surface area contributed by atoms with Gasteiger partial charge in [0.05, 0.1) is 17.9 Å². The normalized spacial score (nSPS) is 9.67. The van der Waals surface area contributed by atoms with Crippen LogP contribution in [-0.4, -0.2) is 28.6 Å². The van der Waals surface area contributed by atoms with E-state index < -0.39 is 5.97 Å². The molecule has 0 aliphatic rings. The summed E-state index contributed by atoms with van der Waals surface area (Å²) < 4.78 is 4.71. The second kappa shape index (κ2) is 5.09. The average Bonchev–Trinajstić information content (AvgIpc) is 2.17. The number of esters is 1. The van der Waals surface area contributed by atoms with Gasteiger partial charge in [-0.05, 0) is 12.1 Å². The quantitative estimate of drug-likeness (QED) is 0.745. The lowest BCUT2D eigenvalue weighted by atomic mass is 10.1. The summed E-state index contributed by atoms with van der Waals surface area (Å²) in [6, 6.07) is 3.03. The Labute approximate surface area is 86.7 Å². The van der Waals surface area contributed by atoms with Crippen LogP contribution in [0.5, 0.6) is 0 Å². The molecule has 1 aromatic rings. The smallest absolute Gasteiger partial charge is 0.337 e. The highest BCUT2D eigenvalue weighted by Gasteiger charge is 2.10. The highest BCUT2D eigenvalue weighted by atomic mass is 16.5. The molecule has 5 nitrogen and oxygen atoms in total. The Balaban J connectivity index is 2.67. The molecule has 0 atom stereocenters. The van der Waals surface area contributed by atoms with Crippen molar-refractivity contribution in [2.45, 2.75) is 13.3 Å². The van der Waals surface area contributed by atoms with Crippen LogP contribution in [0.4, 0.5) is 0 Å². The fraction of sp³-hybridized carbons (Fsp3) is 0.300. The molecule has 0 aromatic carbocycles. The third-order valence-electron chi connectivity index (χ3n) is 1.76. The van der Waals surface area contributed by atoms with E-state index in [4.69, 9.17) is 9.84 Å². The van der Waals surface area contributed by atoms with Gasteiger partial charge >= 0.3 is 11.9 Å². The molecule has 0 amide bonds. The van der Waals surface area contributed by atoms with E-state index in [0.717, 1.165) is 0 Å². The molecule has 1 aromatic heterocycles. The summed E-state index contributed by atoms with van der Waals surface area (Å²) in [6.07, 6.45) is 1.82. The minimum atomic E-state index is -1.03. The molecular formula is C10H11NO4. The molecule has 1 heterocycles. The third-order valence-corrected chi connectivity index (χ3v) is 1.76. The van der Waals surface area contributed by atoms with Crippen molar-refractivity contribution in [1.29, 1.82) is 0 Å². The lowest BCUT2D eigenvalue weighted by molar-refractivity contribution is -0.140. The first-order chi connectivity index (χ1) is 7.11. The molecule has 0 saturated carbocycles. The van der Waals surface area contributed by atoms with Crippen LogP contribution in [0.3, 0.4) is 0 Å². The van der Waals surface area contributed by atoms with Gasteiger partial charge < -0.3 is 9.84 Å². The minimum Gasteiger partial charge on any atom is -0.478 e. The summed E-state index contributed by atoms with van der Waals surface area (Å²) >= 11 is 0. The van der Waals surface area contributed by atoms with Crippen LogP contribution in [0.2, 0.25) is 0 Å². The van der Waals surface area contributed by atoms with Gasteiger partial charge in [0.1, 0.15) is 0 Å². The zero-order valence-corrected chi connectivity index (χ0v) is 8.27. The Morgan fingerprint density at radius 2 is 2.27 bits per heavy atom. The largest absolute Gasteiger partial charge is 0.478 e. The van der Waals surface area contributed by atoms with E-state index in [1.807, 2.05) is 0 Å². The number of rotatable bonds is 4. The van der Waals surface area contributed by atoms with E-state index in [0.29, 0.717) is 12.1 Å². The molecule has 15 heavy (non-hydrogen) atoms. The van der Waals surface area contributed by atoms with E-state index in [9.17, 15) is 9.59 Å². The van der Waals surface area contributed by atoms with Crippen molar-refractivity contribution in [2.75, 3.05) is 6.61 Å². The van der Waals surface area contributed by atoms with Crippen molar-refractivity contribution >= 4 is 11.9 Å². The van der Waals surface area contributed by atoms with Crippen LogP contribution in [0.15, 0.2) is 18.3 Å². The van der Waals surface area contributed by atoms with Crippen molar-refractivity contribution < 1.29 is 19.4 Å². The van der Waals surface area contributed by atoms with Crippen molar-refractivity contribution in [2.24, 2.45) is 0 Å². The van der Waals surface area contributed by atoms with E-state index in [1.54, 1.807) is 6.07 Å². The first-order valence-corrected chi connectivity index (χ1v) is 4.42. The second-order valence-corrected chi connectivity index (χ2v) is 2.89. The predicted molar refractivity (Wildman–Crippen MR) is 51.5 cm³/mol. The number of carboxylic acids is 1. The zero-order chi connectivity index (χ0) is 11.3. The van der Waals surface area contributed by atoms with Crippen LogP contribution in [0.1, 0.15) is 23.0 Å². The molecule has 1 N–H and O–H groups in total. The Morgan fingerprint density at radius 1 is 1.53 bits per heavy atom. The van der Waals surface area contributed by atoms with Gasteiger partial charge in [-0.2, -0.15) is 0 Å². The molecule has 0 fully saturated rings. The van der Waals surface area contributed by atoms with E-state index in [1.165, 1.54) is 19.2 Å². The third kappa shape index (κ3) is 3.38. The van der Waals surface area contributed by atoms with Gasteiger partial charge in [0.2, 0.25) is 0 Å². The van der Waals surface area contributed by atoms with Crippen LogP contribution >= 0.6 is 0 Å². The summed E-state index contributed by atoms with van der Waals surface area (Å²) in [5, 5.41) is 8.83. The molecular weight excluding hydrogens is 198 g/mol. The first-order valence-electron chi connectivity index (χ1n) is 4.42. The van der Waals surface area contributed by atoms with Crippen molar-refractivity contribution in [1.82, 2.24) is 4.98 Å². The summed E-state index contributed by atoms with van der Waals surface area (Å²) in [7, 11) is 0. The Morgan fingerprint density at radius 3 is 2.87 bits per heavy atom. The maximum Gasteiger partial charge on any atom is 0.337 e. The monoisotopic (exact) mass is 209 g/mol. The highest BCUT2D eigenvalue weighted by Crippen LogP contribution is 2.06. The number of ether oxygens (including phenoxy) is 1. The van der Waals surface area contributed by atoms with Gasteiger partial charge in [-0.15, -0.1) is 0 Å². The van der Waals surface area contributed by atoms with Gasteiger partial charge in [-0.25, -0.2) is 4.79 Å². The van der Waals surface area contributed by atoms with E-state index in [-0.39, 0.29) is 18.1 Å². The van der Waals surface area contributed by atoms with Crippen LogP contribution < -0.4 is 0 Å². The zero-order valence-electron chi connectivity index (χ0n) is 8.27. The Kier molecular flexibility index (Phi) is 3.79. The number of aromatic nitrogens is 1. The van der Waals surface area contributed by atoms with E-state index >= 15 is 0 Å². The number of carbonyl (C=O) groups excluding carboxylic acids is 1. The van der Waals surface area contributed by atoms with Crippen molar-refractivity contribution in [3.63, 3.8) is 0 Å². The van der Waals surface area contributed by atoms with Crippen molar-refractivity contribution in [3.05, 3.63) is 29.6 Å². The Bertz CT molecular complexity index is 375. The van der Waals surface area contributed by atoms with Crippen LogP contribution in [0, 0.1) is 0 Å². The molecule has 0 radical (unpaired) electrons. The van der Waals surface area contributed by atoms with Gasteiger partial charge in [-0.3, -0.25) is 9.78 Å². The first kappa shape index (κ1) is 11.2. The number of hydrogen-bond donors (Lipinski definition) is 1. The topological polar surface area (TPSA) is 76.5 Å². The molecule has 0 unspecified atom stereocenters. The van der Waals surface area contributed by atoms with E-state index in [2.05, 4.69) is 4.98 Å². The summed E-state index contributed by atoms with van der Waals surface area (Å²) in [5.41, 5.74) is 0.566. The van der Waals surface area contributed by atoms with Gasteiger partial charge in [-0.1, -0.05) is 0 Å². The molecule has 1 rings (SSSR count). The number of pyridine rings is 1. The lowest BCUT2D eigenvalue weighted by Crippen LogP contribution is -2.09. The molecule has 80 valence electrons. The number of carboxylic acid groups (broad SMARTS) is 1. The fourth-order valence-corrected chi connectivity index (χ4v) is 1.12. The minimum absolute atomic E-state index is 0.143. The molecule has 0 aliphatic carbocycles. The fourth-order valence-electron chi connectivity index (χ4n) is 1.12. The van der Waals surface area contributed by atoms with Crippen LogP contribution in [-0.2, 0) is 16.0 Å². The number of carbonyl (C=O) groups is 2. The standard InChI is InChI=1S/C10H11NO4/c1-7(12)15-6-4-9-8(10(13)14)3-2-5-11-9/h2-3,5H,4,6H2,1H3,(H,13,14). The average molecular weight is 209 g/mol. The van der Waals surface area contributed by atoms with Gasteiger partial charge in [0.25, 0.3) is 0 Å². The highest BCUT2D eigenvalue weighted by molar-refractivity contribution is 5.88. The van der Waals surface area contributed by atoms with Crippen LogP contribution in [0.25, 0.3) is 0 Å². The predicted octanol–water partition coefficient (Wildman–Crippen LogP) is 0.885. The number of hydrogen-bond acceptors (Lipinski definition) is 4. The van der Waals surface area contributed by atoms with Gasteiger partial charge in [0.15, 0.2) is 0 Å². The molecule has 0 aliphatic heterocycles. The summed E-state index contributed by atoms with van der Waals surface area (Å²) in [4.78, 5) is 25.2. The number of aromatic carboxylic acids is 1. The molecule has 0 spiro atoms. The number of nitrogens with zero attached hydrogens (tertiary/aromatic N) is 1. The molecule has 0 saturated heterocycles. The second-order valence-electron chi connectivity index (χ2n) is 2.89. The maximum atomic E-state index is 10.8. The maximum absolute atomic E-state index is 10.8. The lowest BCUT2D eigenvalue weighted by Gasteiger charge is -2.04. The summed E-state index contributed by atoms with van der Waals surface area (Å²) in [6.45, 7) is 1.45.